The van der Waals surface area contributed by atoms with Gasteiger partial charge in [-0.25, -0.2) is 9.97 Å². The molecule has 0 unspecified atom stereocenters. The van der Waals surface area contributed by atoms with Crippen LogP contribution in [0.2, 0.25) is 0 Å². The maximum atomic E-state index is 12.9. The fourth-order valence-corrected chi connectivity index (χ4v) is 5.36. The molecule has 0 aliphatic carbocycles. The fraction of sp³-hybridized carbons (Fsp3) is 0.370. The van der Waals surface area contributed by atoms with E-state index in [1.54, 1.807) is 0 Å². The highest BCUT2D eigenvalue weighted by Gasteiger charge is 2.17. The quantitative estimate of drug-likeness (QED) is 0.351. The van der Waals surface area contributed by atoms with Gasteiger partial charge in [0.15, 0.2) is 0 Å². The average Bonchev–Trinajstić information content (AvgIpc) is 3.28. The number of hydrogen-bond donors (Lipinski definition) is 3. The van der Waals surface area contributed by atoms with Crippen molar-refractivity contribution >= 4 is 49.9 Å². The van der Waals surface area contributed by atoms with Gasteiger partial charge in [0.05, 0.1) is 10.4 Å². The molecule has 5 rings (SSSR count). The molecule has 6 nitrogen and oxygen atoms in total. The topological polar surface area (TPSA) is 78.9 Å². The molecule has 1 saturated heterocycles. The van der Waals surface area contributed by atoms with E-state index < -0.39 is 0 Å². The van der Waals surface area contributed by atoms with Crippen LogP contribution in [0.1, 0.15) is 48.8 Å². The minimum atomic E-state index is -0.000664. The Balaban J connectivity index is 1.39. The molecular formula is C27H31N5OS. The van der Waals surface area contributed by atoms with Crippen molar-refractivity contribution in [3.05, 3.63) is 59.1 Å². The van der Waals surface area contributed by atoms with Crippen molar-refractivity contribution in [2.75, 3.05) is 25.0 Å². The molecule has 3 heterocycles. The lowest BCUT2D eigenvalue weighted by molar-refractivity contribution is 0.0948. The SMILES string of the molecule is CC(C)(C)c1cccc(Nc2ncc3ccc4sc(C(=O)NCC5CCNCC5)cc4c3n2)c1. The zero-order valence-electron chi connectivity index (χ0n) is 19.9. The Kier molecular flexibility index (Phi) is 6.23. The number of fused-ring (bicyclic) bond motifs is 3. The normalized spacial score (nSPS) is 15.0. The van der Waals surface area contributed by atoms with E-state index >= 15 is 0 Å². The number of piperidine rings is 1. The van der Waals surface area contributed by atoms with E-state index in [9.17, 15) is 4.79 Å². The Morgan fingerprint density at radius 2 is 1.97 bits per heavy atom. The molecule has 7 heteroatoms. The van der Waals surface area contributed by atoms with E-state index in [0.717, 1.165) is 64.0 Å². The average molecular weight is 474 g/mol. The number of benzene rings is 2. The van der Waals surface area contributed by atoms with Crippen LogP contribution in [0, 0.1) is 5.92 Å². The molecule has 0 atom stereocenters. The zero-order chi connectivity index (χ0) is 23.7. The second kappa shape index (κ2) is 9.31. The fourth-order valence-electron chi connectivity index (χ4n) is 4.38. The first-order valence-electron chi connectivity index (χ1n) is 11.9. The van der Waals surface area contributed by atoms with Gasteiger partial charge in [-0.3, -0.25) is 4.79 Å². The molecule has 1 fully saturated rings. The summed E-state index contributed by atoms with van der Waals surface area (Å²) in [6, 6.07) is 14.4. The second-order valence-electron chi connectivity index (χ2n) is 10.1. The van der Waals surface area contributed by atoms with Gasteiger partial charge >= 0.3 is 0 Å². The molecule has 1 amide bonds. The largest absolute Gasteiger partial charge is 0.351 e. The highest BCUT2D eigenvalue weighted by Crippen LogP contribution is 2.32. The van der Waals surface area contributed by atoms with Crippen LogP contribution < -0.4 is 16.0 Å². The van der Waals surface area contributed by atoms with Gasteiger partial charge in [-0.2, -0.15) is 0 Å². The molecule has 0 spiro atoms. The molecule has 3 N–H and O–H groups in total. The van der Waals surface area contributed by atoms with Crippen molar-refractivity contribution < 1.29 is 4.79 Å². The minimum absolute atomic E-state index is 0.000664. The Hall–Kier alpha value is -3.03. The van der Waals surface area contributed by atoms with E-state index in [4.69, 9.17) is 4.98 Å². The predicted molar refractivity (Wildman–Crippen MR) is 141 cm³/mol. The van der Waals surface area contributed by atoms with E-state index in [-0.39, 0.29) is 11.3 Å². The van der Waals surface area contributed by atoms with Crippen molar-refractivity contribution in [2.45, 2.75) is 39.0 Å². The van der Waals surface area contributed by atoms with Crippen molar-refractivity contribution in [3.8, 4) is 0 Å². The number of nitrogens with one attached hydrogen (secondary N) is 3. The van der Waals surface area contributed by atoms with Gasteiger partial charge in [0, 0.05) is 33.9 Å². The van der Waals surface area contributed by atoms with Crippen molar-refractivity contribution in [3.63, 3.8) is 0 Å². The summed E-state index contributed by atoms with van der Waals surface area (Å²) in [6.07, 6.45) is 4.07. The summed E-state index contributed by atoms with van der Waals surface area (Å²) in [4.78, 5) is 22.9. The van der Waals surface area contributed by atoms with Crippen LogP contribution in [-0.4, -0.2) is 35.5 Å². The molecule has 2 aromatic carbocycles. The number of rotatable bonds is 5. The summed E-state index contributed by atoms with van der Waals surface area (Å²) in [6.45, 7) is 9.40. The Morgan fingerprint density at radius 1 is 1.15 bits per heavy atom. The summed E-state index contributed by atoms with van der Waals surface area (Å²) in [5, 5.41) is 11.8. The van der Waals surface area contributed by atoms with Crippen molar-refractivity contribution in [1.29, 1.82) is 0 Å². The smallest absolute Gasteiger partial charge is 0.261 e. The molecule has 34 heavy (non-hydrogen) atoms. The van der Waals surface area contributed by atoms with Gasteiger partial charge < -0.3 is 16.0 Å². The van der Waals surface area contributed by atoms with E-state index in [2.05, 4.69) is 66.0 Å². The van der Waals surface area contributed by atoms with Gasteiger partial charge in [-0.05, 0) is 73.2 Å². The maximum Gasteiger partial charge on any atom is 0.261 e. The van der Waals surface area contributed by atoms with Crippen LogP contribution in [-0.2, 0) is 5.41 Å². The van der Waals surface area contributed by atoms with E-state index in [0.29, 0.717) is 11.9 Å². The molecule has 0 saturated carbocycles. The molecule has 1 aliphatic rings. The molecule has 0 radical (unpaired) electrons. The maximum absolute atomic E-state index is 12.9. The van der Waals surface area contributed by atoms with Gasteiger partial charge in [-0.15, -0.1) is 11.3 Å². The zero-order valence-corrected chi connectivity index (χ0v) is 20.8. The molecule has 0 bridgehead atoms. The Bertz CT molecular complexity index is 1330. The molecule has 176 valence electrons. The van der Waals surface area contributed by atoms with Gasteiger partial charge in [0.25, 0.3) is 5.91 Å². The lowest BCUT2D eigenvalue weighted by atomic mass is 9.87. The number of carbonyl (C=O) groups excluding carboxylic acids is 1. The van der Waals surface area contributed by atoms with Gasteiger partial charge in [0.1, 0.15) is 0 Å². The first-order chi connectivity index (χ1) is 16.4. The number of nitrogens with zero attached hydrogens (tertiary/aromatic N) is 2. The molecule has 2 aromatic heterocycles. The van der Waals surface area contributed by atoms with Gasteiger partial charge in [-0.1, -0.05) is 32.9 Å². The first-order valence-corrected chi connectivity index (χ1v) is 12.7. The van der Waals surface area contributed by atoms with Crippen molar-refractivity contribution in [2.24, 2.45) is 5.92 Å². The number of amides is 1. The van der Waals surface area contributed by atoms with Crippen molar-refractivity contribution in [1.82, 2.24) is 20.6 Å². The second-order valence-corrected chi connectivity index (χ2v) is 11.2. The number of anilines is 2. The summed E-state index contributed by atoms with van der Waals surface area (Å²) in [5.74, 6) is 1.10. The Morgan fingerprint density at radius 3 is 2.76 bits per heavy atom. The third kappa shape index (κ3) is 4.91. The summed E-state index contributed by atoms with van der Waals surface area (Å²) >= 11 is 1.52. The van der Waals surface area contributed by atoms with Crippen LogP contribution in [0.3, 0.4) is 0 Å². The third-order valence-electron chi connectivity index (χ3n) is 6.47. The third-order valence-corrected chi connectivity index (χ3v) is 7.56. The first kappa shape index (κ1) is 22.7. The number of carbonyl (C=O) groups is 1. The molecule has 1 aliphatic heterocycles. The number of thiophene rings is 1. The summed E-state index contributed by atoms with van der Waals surface area (Å²) < 4.78 is 1.05. The van der Waals surface area contributed by atoms with Crippen LogP contribution in [0.5, 0.6) is 0 Å². The number of hydrogen-bond acceptors (Lipinski definition) is 6. The highest BCUT2D eigenvalue weighted by atomic mass is 32.1. The lowest BCUT2D eigenvalue weighted by Crippen LogP contribution is -2.35. The van der Waals surface area contributed by atoms with Crippen LogP contribution in [0.15, 0.2) is 48.7 Å². The Labute approximate surface area is 204 Å². The highest BCUT2D eigenvalue weighted by molar-refractivity contribution is 7.21. The van der Waals surface area contributed by atoms with E-state index in [1.807, 2.05) is 24.4 Å². The lowest BCUT2D eigenvalue weighted by Gasteiger charge is -2.22. The minimum Gasteiger partial charge on any atom is -0.351 e. The summed E-state index contributed by atoms with van der Waals surface area (Å²) in [5.41, 5.74) is 3.13. The summed E-state index contributed by atoms with van der Waals surface area (Å²) in [7, 11) is 0. The van der Waals surface area contributed by atoms with Crippen LogP contribution in [0.4, 0.5) is 11.6 Å². The van der Waals surface area contributed by atoms with E-state index in [1.165, 1.54) is 16.9 Å². The van der Waals surface area contributed by atoms with Crippen LogP contribution >= 0.6 is 11.3 Å². The van der Waals surface area contributed by atoms with Gasteiger partial charge in [0.2, 0.25) is 5.95 Å². The molecular weight excluding hydrogens is 442 g/mol. The van der Waals surface area contributed by atoms with Crippen LogP contribution in [0.25, 0.3) is 21.0 Å². The number of aromatic nitrogens is 2. The molecule has 4 aromatic rings. The monoisotopic (exact) mass is 473 g/mol. The standard InChI is InChI=1S/C27H31N5OS/c1-27(2,3)19-5-4-6-20(13-19)31-26-30-16-18-7-8-22-21(24(18)32-26)14-23(34-22)25(33)29-15-17-9-11-28-12-10-17/h4-8,13-14,16-17,28H,9-12,15H2,1-3H3,(H,29,33)(H,30,31,32). The predicted octanol–water partition coefficient (Wildman–Crippen LogP) is 5.62.